The summed E-state index contributed by atoms with van der Waals surface area (Å²) in [5, 5.41) is 12.4. The summed E-state index contributed by atoms with van der Waals surface area (Å²) in [6.45, 7) is -0.170. The number of hydrogen-bond acceptors (Lipinski definition) is 6. The van der Waals surface area contributed by atoms with Crippen LogP contribution in [0.5, 0.6) is 0 Å². The van der Waals surface area contributed by atoms with Crippen molar-refractivity contribution >= 4 is 23.2 Å². The quantitative estimate of drug-likeness (QED) is 0.661. The molecule has 0 saturated heterocycles. The van der Waals surface area contributed by atoms with Gasteiger partial charge in [-0.25, -0.2) is 9.97 Å². The Kier molecular flexibility index (Phi) is 4.83. The van der Waals surface area contributed by atoms with Crippen molar-refractivity contribution in [3.63, 3.8) is 0 Å². The molecule has 3 aromatic rings. The number of nitrogens with two attached hydrogens (primary N) is 1. The van der Waals surface area contributed by atoms with Gasteiger partial charge in [0.1, 0.15) is 0 Å². The largest absolute Gasteiger partial charge is 0.394 e. The molecule has 0 aliphatic carbocycles. The van der Waals surface area contributed by atoms with Crippen LogP contribution in [0.15, 0.2) is 54.7 Å². The van der Waals surface area contributed by atoms with Gasteiger partial charge in [-0.1, -0.05) is 30.3 Å². The molecule has 1 aromatic carbocycles. The summed E-state index contributed by atoms with van der Waals surface area (Å²) in [7, 11) is 0. The van der Waals surface area contributed by atoms with E-state index in [9.17, 15) is 9.90 Å². The van der Waals surface area contributed by atoms with E-state index in [0.717, 1.165) is 10.4 Å². The number of benzene rings is 1. The van der Waals surface area contributed by atoms with Gasteiger partial charge in [0.2, 0.25) is 5.95 Å². The van der Waals surface area contributed by atoms with Gasteiger partial charge in [0.05, 0.1) is 28.1 Å². The summed E-state index contributed by atoms with van der Waals surface area (Å²) in [4.78, 5) is 21.8. The molecule has 0 unspecified atom stereocenters. The maximum absolute atomic E-state index is 12.4. The molecule has 0 saturated carbocycles. The van der Waals surface area contributed by atoms with E-state index in [1.54, 1.807) is 18.3 Å². The molecule has 2 heterocycles. The standard InChI is InChI=1S/C17H16N4O2S/c18-17-19-9-8-12(21-17)14-6-7-15(24-14)16(23)20-13(10-22)11-4-2-1-3-5-11/h1-9,13,22H,10H2,(H,20,23)(H2,18,19,21)/t13-/m1/s1. The van der Waals surface area contributed by atoms with Crippen molar-refractivity contribution < 1.29 is 9.90 Å². The van der Waals surface area contributed by atoms with E-state index < -0.39 is 6.04 Å². The second-order valence-electron chi connectivity index (χ2n) is 5.08. The SMILES string of the molecule is Nc1nccc(-c2ccc(C(=O)N[C@H](CO)c3ccccc3)s2)n1. The second kappa shape index (κ2) is 7.20. The van der Waals surface area contributed by atoms with Crippen LogP contribution in [0.4, 0.5) is 5.95 Å². The summed E-state index contributed by atoms with van der Waals surface area (Å²) in [5.74, 6) is -0.0486. The Morgan fingerprint density at radius 3 is 2.71 bits per heavy atom. The van der Waals surface area contributed by atoms with Crippen LogP contribution in [0.2, 0.25) is 0 Å². The van der Waals surface area contributed by atoms with Crippen LogP contribution in [0.1, 0.15) is 21.3 Å². The van der Waals surface area contributed by atoms with Crippen LogP contribution >= 0.6 is 11.3 Å². The van der Waals surface area contributed by atoms with Crippen molar-refractivity contribution in [1.29, 1.82) is 0 Å². The molecule has 24 heavy (non-hydrogen) atoms. The zero-order valence-corrected chi connectivity index (χ0v) is 13.5. The van der Waals surface area contributed by atoms with Crippen molar-refractivity contribution in [2.24, 2.45) is 0 Å². The maximum Gasteiger partial charge on any atom is 0.261 e. The molecule has 0 fully saturated rings. The molecule has 0 aliphatic heterocycles. The minimum Gasteiger partial charge on any atom is -0.394 e. The number of nitrogen functional groups attached to an aromatic ring is 1. The lowest BCUT2D eigenvalue weighted by Gasteiger charge is -2.16. The highest BCUT2D eigenvalue weighted by Gasteiger charge is 2.17. The summed E-state index contributed by atoms with van der Waals surface area (Å²) in [5.41, 5.74) is 7.12. The van der Waals surface area contributed by atoms with Gasteiger partial charge in [-0.15, -0.1) is 11.3 Å². The molecule has 0 radical (unpaired) electrons. The monoisotopic (exact) mass is 340 g/mol. The average Bonchev–Trinajstić information content (AvgIpc) is 3.10. The van der Waals surface area contributed by atoms with Gasteiger partial charge >= 0.3 is 0 Å². The number of thiophene rings is 1. The van der Waals surface area contributed by atoms with Gasteiger partial charge in [-0.3, -0.25) is 4.79 Å². The summed E-state index contributed by atoms with van der Waals surface area (Å²) in [6.07, 6.45) is 1.58. The number of aromatic nitrogens is 2. The molecule has 2 aromatic heterocycles. The Hall–Kier alpha value is -2.77. The molecular weight excluding hydrogens is 324 g/mol. The number of aliphatic hydroxyl groups is 1. The Morgan fingerprint density at radius 2 is 2.00 bits per heavy atom. The van der Waals surface area contributed by atoms with Crippen molar-refractivity contribution in [2.45, 2.75) is 6.04 Å². The first-order chi connectivity index (χ1) is 11.7. The number of anilines is 1. The number of amides is 1. The maximum atomic E-state index is 12.4. The van der Waals surface area contributed by atoms with Crippen molar-refractivity contribution in [1.82, 2.24) is 15.3 Å². The number of aliphatic hydroxyl groups excluding tert-OH is 1. The number of carbonyl (C=O) groups excluding carboxylic acids is 1. The van der Waals surface area contributed by atoms with Gasteiger partial charge in [-0.2, -0.15) is 0 Å². The molecule has 122 valence electrons. The molecule has 0 spiro atoms. The van der Waals surface area contributed by atoms with Crippen LogP contribution in [0.3, 0.4) is 0 Å². The Morgan fingerprint density at radius 1 is 1.21 bits per heavy atom. The minimum atomic E-state index is -0.445. The fourth-order valence-electron chi connectivity index (χ4n) is 2.26. The van der Waals surface area contributed by atoms with Crippen LogP contribution in [0, 0.1) is 0 Å². The fraction of sp³-hybridized carbons (Fsp3) is 0.118. The molecule has 4 N–H and O–H groups in total. The van der Waals surface area contributed by atoms with Crippen LogP contribution in [0.25, 0.3) is 10.6 Å². The summed E-state index contributed by atoms with van der Waals surface area (Å²) in [6, 6.07) is 14.2. The Bertz CT molecular complexity index is 835. The van der Waals surface area contributed by atoms with Crippen molar-refractivity contribution in [2.75, 3.05) is 12.3 Å². The fourth-order valence-corrected chi connectivity index (χ4v) is 3.14. The Labute approximate surface area is 143 Å². The smallest absolute Gasteiger partial charge is 0.261 e. The number of carbonyl (C=O) groups is 1. The summed E-state index contributed by atoms with van der Waals surface area (Å²) < 4.78 is 0. The first kappa shape index (κ1) is 16.1. The number of hydrogen-bond donors (Lipinski definition) is 3. The molecule has 7 heteroatoms. The highest BCUT2D eigenvalue weighted by atomic mass is 32.1. The third-order valence-corrected chi connectivity index (χ3v) is 4.55. The molecule has 6 nitrogen and oxygen atoms in total. The van der Waals surface area contributed by atoms with E-state index in [4.69, 9.17) is 5.73 Å². The highest BCUT2D eigenvalue weighted by Crippen LogP contribution is 2.27. The number of nitrogens with zero attached hydrogens (tertiary/aromatic N) is 2. The van der Waals surface area contributed by atoms with Crippen LogP contribution in [-0.2, 0) is 0 Å². The lowest BCUT2D eigenvalue weighted by Crippen LogP contribution is -2.30. The average molecular weight is 340 g/mol. The van der Waals surface area contributed by atoms with Crippen molar-refractivity contribution in [3.05, 3.63) is 65.2 Å². The zero-order valence-electron chi connectivity index (χ0n) is 12.7. The van der Waals surface area contributed by atoms with E-state index in [-0.39, 0.29) is 18.5 Å². The third-order valence-electron chi connectivity index (χ3n) is 3.45. The van der Waals surface area contributed by atoms with E-state index in [1.807, 2.05) is 36.4 Å². The Balaban J connectivity index is 1.76. The molecule has 0 bridgehead atoms. The molecule has 3 rings (SSSR count). The first-order valence-electron chi connectivity index (χ1n) is 7.33. The highest BCUT2D eigenvalue weighted by molar-refractivity contribution is 7.17. The predicted molar refractivity (Wildman–Crippen MR) is 93.5 cm³/mol. The minimum absolute atomic E-state index is 0.170. The van der Waals surface area contributed by atoms with Gasteiger partial charge in [0.15, 0.2) is 0 Å². The van der Waals surface area contributed by atoms with E-state index in [1.165, 1.54) is 11.3 Å². The van der Waals surface area contributed by atoms with E-state index >= 15 is 0 Å². The second-order valence-corrected chi connectivity index (χ2v) is 6.17. The number of nitrogens with one attached hydrogen (secondary N) is 1. The molecule has 1 atom stereocenters. The molecule has 1 amide bonds. The lowest BCUT2D eigenvalue weighted by atomic mass is 10.1. The zero-order chi connectivity index (χ0) is 16.9. The number of rotatable bonds is 5. The normalized spacial score (nSPS) is 11.9. The van der Waals surface area contributed by atoms with Gasteiger partial charge in [0.25, 0.3) is 5.91 Å². The lowest BCUT2D eigenvalue weighted by molar-refractivity contribution is 0.0920. The third kappa shape index (κ3) is 3.58. The van der Waals surface area contributed by atoms with Gasteiger partial charge in [-0.05, 0) is 23.8 Å². The van der Waals surface area contributed by atoms with Crippen molar-refractivity contribution in [3.8, 4) is 10.6 Å². The van der Waals surface area contributed by atoms with E-state index in [2.05, 4.69) is 15.3 Å². The summed E-state index contributed by atoms with van der Waals surface area (Å²) >= 11 is 1.31. The van der Waals surface area contributed by atoms with Gasteiger partial charge < -0.3 is 16.2 Å². The van der Waals surface area contributed by atoms with Gasteiger partial charge in [0, 0.05) is 6.20 Å². The predicted octanol–water partition coefficient (Wildman–Crippen LogP) is 2.25. The molecule has 0 aliphatic rings. The molecular formula is C17H16N4O2S. The topological polar surface area (TPSA) is 101 Å². The van der Waals surface area contributed by atoms with Crippen LogP contribution in [-0.4, -0.2) is 27.6 Å². The first-order valence-corrected chi connectivity index (χ1v) is 8.14. The van der Waals surface area contributed by atoms with E-state index in [0.29, 0.717) is 10.6 Å². The van der Waals surface area contributed by atoms with Crippen LogP contribution < -0.4 is 11.1 Å².